The van der Waals surface area contributed by atoms with Gasteiger partial charge in [-0.05, 0) is 53.6 Å². The summed E-state index contributed by atoms with van der Waals surface area (Å²) in [6.07, 6.45) is 3.19. The summed E-state index contributed by atoms with van der Waals surface area (Å²) in [5, 5.41) is 11.1. The number of methoxy groups -OCH3 is 3. The van der Waals surface area contributed by atoms with Gasteiger partial charge in [0, 0.05) is 24.5 Å². The van der Waals surface area contributed by atoms with Crippen molar-refractivity contribution in [3.8, 4) is 17.2 Å². The van der Waals surface area contributed by atoms with Gasteiger partial charge in [-0.2, -0.15) is 0 Å². The third-order valence-corrected chi connectivity index (χ3v) is 5.74. The third-order valence-electron chi connectivity index (χ3n) is 5.74. The number of amides is 1. The zero-order valence-corrected chi connectivity index (χ0v) is 19.3. The highest BCUT2D eigenvalue weighted by Crippen LogP contribution is 2.46. The summed E-state index contributed by atoms with van der Waals surface area (Å²) in [7, 11) is 4.36. The molecule has 1 amide bonds. The smallest absolute Gasteiger partial charge is 0.295 e. The van der Waals surface area contributed by atoms with E-state index in [2.05, 4.69) is 4.98 Å². The van der Waals surface area contributed by atoms with Crippen LogP contribution in [0.1, 0.15) is 22.7 Å². The number of aliphatic hydroxyl groups is 1. The van der Waals surface area contributed by atoms with Crippen molar-refractivity contribution in [3.63, 3.8) is 0 Å². The fourth-order valence-electron chi connectivity index (χ4n) is 4.10. The fraction of sp³-hybridized carbons (Fsp3) is 0.192. The second-order valence-electron chi connectivity index (χ2n) is 7.75. The molecule has 2 heterocycles. The van der Waals surface area contributed by atoms with Crippen LogP contribution in [0.2, 0.25) is 0 Å². The van der Waals surface area contributed by atoms with E-state index in [1.807, 2.05) is 0 Å². The maximum atomic E-state index is 13.5. The predicted octanol–water partition coefficient (Wildman–Crippen LogP) is 3.87. The van der Waals surface area contributed by atoms with E-state index in [0.29, 0.717) is 28.4 Å². The molecule has 0 unspecified atom stereocenters. The van der Waals surface area contributed by atoms with Gasteiger partial charge in [-0.1, -0.05) is 6.07 Å². The molecular weight excluding hydrogens is 455 g/mol. The molecule has 0 aliphatic carbocycles. The van der Waals surface area contributed by atoms with E-state index >= 15 is 0 Å². The topological polar surface area (TPSA) is 98.2 Å². The van der Waals surface area contributed by atoms with Gasteiger partial charge >= 0.3 is 0 Å². The van der Waals surface area contributed by atoms with Crippen molar-refractivity contribution in [2.24, 2.45) is 0 Å². The first kappa shape index (κ1) is 23.7. The van der Waals surface area contributed by atoms with Crippen LogP contribution in [0.3, 0.4) is 0 Å². The minimum absolute atomic E-state index is 0.0555. The van der Waals surface area contributed by atoms with Crippen LogP contribution in [0.4, 0.5) is 4.39 Å². The molecule has 9 heteroatoms. The molecule has 180 valence electrons. The molecule has 2 aromatic carbocycles. The molecule has 1 saturated heterocycles. The molecule has 1 aliphatic rings. The maximum absolute atomic E-state index is 13.5. The van der Waals surface area contributed by atoms with Crippen LogP contribution >= 0.6 is 0 Å². The van der Waals surface area contributed by atoms with Gasteiger partial charge in [0.2, 0.25) is 5.75 Å². The highest BCUT2D eigenvalue weighted by Gasteiger charge is 2.46. The Balaban J connectivity index is 1.94. The lowest BCUT2D eigenvalue weighted by Crippen LogP contribution is -2.29. The van der Waals surface area contributed by atoms with Crippen LogP contribution in [0.25, 0.3) is 5.76 Å². The van der Waals surface area contributed by atoms with Gasteiger partial charge in [0.05, 0.1) is 32.9 Å². The molecule has 1 aliphatic heterocycles. The number of ether oxygens (including phenoxy) is 3. The van der Waals surface area contributed by atoms with Crippen molar-refractivity contribution in [1.29, 1.82) is 0 Å². The number of benzene rings is 2. The average Bonchev–Trinajstić information content (AvgIpc) is 3.13. The Kier molecular flexibility index (Phi) is 6.68. The first-order valence-corrected chi connectivity index (χ1v) is 10.6. The molecule has 0 radical (unpaired) electrons. The standard InChI is InChI=1S/C26H23FN2O6/c1-33-19-11-17(12-20(34-2)25(19)35-3)22-21(23(30)16-6-8-18(27)9-7-16)24(31)26(32)29(22)14-15-5-4-10-28-13-15/h4-13,22,30H,14H2,1-3H3/b23-21+/t22-/m0/s1. The quantitative estimate of drug-likeness (QED) is 0.313. The SMILES string of the molecule is COc1cc([C@H]2/C(=C(\O)c3ccc(F)cc3)C(=O)C(=O)N2Cc2cccnc2)cc(OC)c1OC. The van der Waals surface area contributed by atoms with Crippen molar-refractivity contribution in [1.82, 2.24) is 9.88 Å². The van der Waals surface area contributed by atoms with E-state index in [9.17, 15) is 19.1 Å². The molecule has 4 rings (SSSR count). The summed E-state index contributed by atoms with van der Waals surface area (Å²) in [4.78, 5) is 31.8. The fourth-order valence-corrected chi connectivity index (χ4v) is 4.10. The van der Waals surface area contributed by atoms with Gasteiger partial charge in [0.15, 0.2) is 11.5 Å². The lowest BCUT2D eigenvalue weighted by atomic mass is 9.94. The molecule has 0 saturated carbocycles. The molecule has 35 heavy (non-hydrogen) atoms. The molecule has 1 aromatic heterocycles. The van der Waals surface area contributed by atoms with Crippen LogP contribution in [0, 0.1) is 5.82 Å². The van der Waals surface area contributed by atoms with Crippen molar-refractivity contribution in [3.05, 3.63) is 89.0 Å². The number of hydrogen-bond acceptors (Lipinski definition) is 7. The summed E-state index contributed by atoms with van der Waals surface area (Å²) in [6, 6.07) is 10.7. The number of hydrogen-bond donors (Lipinski definition) is 1. The van der Waals surface area contributed by atoms with Crippen molar-refractivity contribution in [2.45, 2.75) is 12.6 Å². The van der Waals surface area contributed by atoms with E-state index < -0.39 is 29.3 Å². The number of rotatable bonds is 7. The van der Waals surface area contributed by atoms with Gasteiger partial charge in [-0.3, -0.25) is 14.6 Å². The Morgan fingerprint density at radius 1 is 1.03 bits per heavy atom. The zero-order valence-electron chi connectivity index (χ0n) is 19.3. The number of ketones is 1. The van der Waals surface area contributed by atoms with Crippen molar-refractivity contribution < 1.29 is 33.3 Å². The molecular formula is C26H23FN2O6. The number of Topliss-reactive ketones (excluding diaryl/α,β-unsaturated/α-hetero) is 1. The van der Waals surface area contributed by atoms with Crippen molar-refractivity contribution in [2.75, 3.05) is 21.3 Å². The van der Waals surface area contributed by atoms with E-state index in [0.717, 1.165) is 12.1 Å². The number of aromatic nitrogens is 1. The van der Waals surface area contributed by atoms with Crippen LogP contribution < -0.4 is 14.2 Å². The lowest BCUT2D eigenvalue weighted by molar-refractivity contribution is -0.140. The Morgan fingerprint density at radius 3 is 2.23 bits per heavy atom. The van der Waals surface area contributed by atoms with Gasteiger partial charge in [0.25, 0.3) is 11.7 Å². The Morgan fingerprint density at radius 2 is 1.69 bits per heavy atom. The zero-order chi connectivity index (χ0) is 25.1. The van der Waals surface area contributed by atoms with Gasteiger partial charge in [-0.25, -0.2) is 4.39 Å². The van der Waals surface area contributed by atoms with Crippen molar-refractivity contribution >= 4 is 17.4 Å². The minimum atomic E-state index is -0.992. The second kappa shape index (κ2) is 9.84. The second-order valence-corrected chi connectivity index (χ2v) is 7.75. The minimum Gasteiger partial charge on any atom is -0.507 e. The average molecular weight is 478 g/mol. The first-order chi connectivity index (χ1) is 16.9. The number of carbonyl (C=O) groups excluding carboxylic acids is 2. The molecule has 0 bridgehead atoms. The molecule has 8 nitrogen and oxygen atoms in total. The number of nitrogens with zero attached hydrogens (tertiary/aromatic N) is 2. The van der Waals surface area contributed by atoms with Gasteiger partial charge < -0.3 is 24.2 Å². The lowest BCUT2D eigenvalue weighted by Gasteiger charge is -2.26. The normalized spacial score (nSPS) is 16.9. The monoisotopic (exact) mass is 478 g/mol. The summed E-state index contributed by atoms with van der Waals surface area (Å²) in [5.74, 6) is -1.62. The molecule has 1 fully saturated rings. The van der Waals surface area contributed by atoms with Crippen LogP contribution in [0.5, 0.6) is 17.2 Å². The van der Waals surface area contributed by atoms with E-state index in [1.54, 1.807) is 36.7 Å². The number of aliphatic hydroxyl groups excluding tert-OH is 1. The molecule has 0 spiro atoms. The number of halogens is 1. The van der Waals surface area contributed by atoms with Crippen LogP contribution in [-0.4, -0.2) is 48.0 Å². The summed E-state index contributed by atoms with van der Waals surface area (Å²) >= 11 is 0. The first-order valence-electron chi connectivity index (χ1n) is 10.6. The predicted molar refractivity (Wildman–Crippen MR) is 125 cm³/mol. The van der Waals surface area contributed by atoms with E-state index in [4.69, 9.17) is 14.2 Å². The molecule has 3 aromatic rings. The summed E-state index contributed by atoms with van der Waals surface area (Å²) in [6.45, 7) is 0.0555. The van der Waals surface area contributed by atoms with Gasteiger partial charge in [-0.15, -0.1) is 0 Å². The Bertz CT molecular complexity index is 1270. The molecule has 1 atom stereocenters. The highest BCUT2D eigenvalue weighted by molar-refractivity contribution is 6.46. The summed E-state index contributed by atoms with van der Waals surface area (Å²) < 4.78 is 29.8. The van der Waals surface area contributed by atoms with E-state index in [-0.39, 0.29) is 17.7 Å². The van der Waals surface area contributed by atoms with Crippen LogP contribution in [0.15, 0.2) is 66.5 Å². The van der Waals surface area contributed by atoms with Crippen LogP contribution in [-0.2, 0) is 16.1 Å². The largest absolute Gasteiger partial charge is 0.507 e. The Labute approximate surface area is 201 Å². The molecule has 1 N–H and O–H groups in total. The number of likely N-dealkylation sites (tertiary alicyclic amines) is 1. The maximum Gasteiger partial charge on any atom is 0.295 e. The number of pyridine rings is 1. The number of carbonyl (C=O) groups is 2. The Hall–Kier alpha value is -4.40. The van der Waals surface area contributed by atoms with E-state index in [1.165, 1.54) is 38.4 Å². The third kappa shape index (κ3) is 4.40. The van der Waals surface area contributed by atoms with Gasteiger partial charge in [0.1, 0.15) is 11.6 Å². The summed E-state index contributed by atoms with van der Waals surface area (Å²) in [5.41, 5.74) is 1.20. The highest BCUT2D eigenvalue weighted by atomic mass is 19.1.